The van der Waals surface area contributed by atoms with Gasteiger partial charge < -0.3 is 9.47 Å². The van der Waals surface area contributed by atoms with Crippen molar-refractivity contribution >= 4 is 27.8 Å². The lowest BCUT2D eigenvalue weighted by atomic mass is 10.2. The number of hydrazone groups is 1. The summed E-state index contributed by atoms with van der Waals surface area (Å²) in [5, 5.41) is 3.99. The SMILES string of the molecule is C=CCOc1ccc(/C=N\NC(=O)c2ccc(N(Cc3ccccc3)S(C)(=O)=O)cc2)cc1OC. The molecule has 0 spiro atoms. The second kappa shape index (κ2) is 11.8. The highest BCUT2D eigenvalue weighted by Crippen LogP contribution is 2.27. The predicted molar refractivity (Wildman–Crippen MR) is 138 cm³/mol. The first-order valence-corrected chi connectivity index (χ1v) is 12.5. The van der Waals surface area contributed by atoms with Crippen molar-refractivity contribution in [3.05, 3.63) is 102 Å². The molecule has 0 bridgehead atoms. The molecule has 0 aliphatic heterocycles. The van der Waals surface area contributed by atoms with E-state index in [-0.39, 0.29) is 6.54 Å². The van der Waals surface area contributed by atoms with Gasteiger partial charge in [0.2, 0.25) is 10.0 Å². The van der Waals surface area contributed by atoms with Crippen molar-refractivity contribution in [1.82, 2.24) is 5.43 Å². The Labute approximate surface area is 205 Å². The molecule has 35 heavy (non-hydrogen) atoms. The Balaban J connectivity index is 1.67. The van der Waals surface area contributed by atoms with Crippen LogP contribution >= 0.6 is 0 Å². The minimum absolute atomic E-state index is 0.191. The molecular formula is C26H27N3O5S. The van der Waals surface area contributed by atoms with Crippen LogP contribution in [0, 0.1) is 0 Å². The maximum Gasteiger partial charge on any atom is 0.271 e. The van der Waals surface area contributed by atoms with Crippen LogP contribution in [0.5, 0.6) is 11.5 Å². The molecule has 0 saturated carbocycles. The highest BCUT2D eigenvalue weighted by Gasteiger charge is 2.18. The summed E-state index contributed by atoms with van der Waals surface area (Å²) in [7, 11) is -1.99. The quantitative estimate of drug-likeness (QED) is 0.248. The summed E-state index contributed by atoms with van der Waals surface area (Å²) in [6.07, 6.45) is 4.27. The first kappa shape index (κ1) is 25.5. The highest BCUT2D eigenvalue weighted by atomic mass is 32.2. The van der Waals surface area contributed by atoms with E-state index in [4.69, 9.17) is 9.47 Å². The predicted octanol–water partition coefficient (Wildman–Crippen LogP) is 3.99. The van der Waals surface area contributed by atoms with Crippen molar-refractivity contribution in [2.75, 3.05) is 24.3 Å². The third-order valence-corrected chi connectivity index (χ3v) is 6.05. The fourth-order valence-electron chi connectivity index (χ4n) is 3.19. The van der Waals surface area contributed by atoms with Crippen LogP contribution in [0.1, 0.15) is 21.5 Å². The van der Waals surface area contributed by atoms with Gasteiger partial charge in [-0.15, -0.1) is 0 Å². The molecule has 0 fully saturated rings. The van der Waals surface area contributed by atoms with Gasteiger partial charge in [-0.05, 0) is 53.6 Å². The average Bonchev–Trinajstić information content (AvgIpc) is 2.86. The van der Waals surface area contributed by atoms with E-state index in [1.807, 2.05) is 30.3 Å². The van der Waals surface area contributed by atoms with Crippen molar-refractivity contribution in [2.24, 2.45) is 5.10 Å². The van der Waals surface area contributed by atoms with Crippen LogP contribution in [0.15, 0.2) is 90.6 Å². The van der Waals surface area contributed by atoms with Gasteiger partial charge in [0.25, 0.3) is 5.91 Å². The molecule has 182 valence electrons. The van der Waals surface area contributed by atoms with Gasteiger partial charge in [-0.3, -0.25) is 9.10 Å². The summed E-state index contributed by atoms with van der Waals surface area (Å²) >= 11 is 0. The molecule has 0 aliphatic rings. The van der Waals surface area contributed by atoms with Crippen LogP contribution in [0.3, 0.4) is 0 Å². The third kappa shape index (κ3) is 7.18. The van der Waals surface area contributed by atoms with Crippen molar-refractivity contribution in [3.8, 4) is 11.5 Å². The summed E-state index contributed by atoms with van der Waals surface area (Å²) < 4.78 is 36.8. The lowest BCUT2D eigenvalue weighted by molar-refractivity contribution is 0.0955. The van der Waals surface area contributed by atoms with Crippen LogP contribution in [0.4, 0.5) is 5.69 Å². The second-order valence-corrected chi connectivity index (χ2v) is 9.42. The standard InChI is InChI=1S/C26H27N3O5S/c1-4-16-34-24-15-10-21(17-25(24)33-2)18-27-28-26(30)22-11-13-23(14-12-22)29(35(3,31)32)19-20-8-6-5-7-9-20/h4-15,17-18H,1,16,19H2,2-3H3,(H,28,30)/b27-18-. The van der Waals surface area contributed by atoms with Crippen LogP contribution in [-0.4, -0.2) is 40.5 Å². The molecular weight excluding hydrogens is 466 g/mol. The molecule has 3 aromatic rings. The summed E-state index contributed by atoms with van der Waals surface area (Å²) in [6.45, 7) is 4.16. The molecule has 1 N–H and O–H groups in total. The maximum atomic E-state index is 12.5. The normalized spacial score (nSPS) is 11.1. The molecule has 0 aromatic heterocycles. The molecule has 9 heteroatoms. The Bertz CT molecular complexity index is 1290. The Hall–Kier alpha value is -4.11. The molecule has 0 unspecified atom stereocenters. The molecule has 0 atom stereocenters. The summed E-state index contributed by atoms with van der Waals surface area (Å²) in [4.78, 5) is 12.5. The topological polar surface area (TPSA) is 97.3 Å². The van der Waals surface area contributed by atoms with Crippen molar-refractivity contribution in [2.45, 2.75) is 6.54 Å². The lowest BCUT2D eigenvalue weighted by Gasteiger charge is -2.22. The molecule has 0 saturated heterocycles. The molecule has 0 heterocycles. The Morgan fingerprint density at radius 2 is 1.77 bits per heavy atom. The Morgan fingerprint density at radius 1 is 1.06 bits per heavy atom. The Morgan fingerprint density at radius 3 is 2.40 bits per heavy atom. The van der Waals surface area contributed by atoms with Crippen LogP contribution < -0.4 is 19.2 Å². The van der Waals surface area contributed by atoms with Crippen LogP contribution in [0.2, 0.25) is 0 Å². The van der Waals surface area contributed by atoms with Crippen molar-refractivity contribution in [3.63, 3.8) is 0 Å². The number of benzene rings is 3. The number of hydrogen-bond donors (Lipinski definition) is 1. The van der Waals surface area contributed by atoms with Crippen LogP contribution in [0.25, 0.3) is 0 Å². The van der Waals surface area contributed by atoms with E-state index in [1.54, 1.807) is 48.5 Å². The minimum Gasteiger partial charge on any atom is -0.493 e. The fraction of sp³-hybridized carbons (Fsp3) is 0.154. The van der Waals surface area contributed by atoms with E-state index in [2.05, 4.69) is 17.1 Å². The summed E-state index contributed by atoms with van der Waals surface area (Å²) in [5.74, 6) is 0.674. The zero-order valence-electron chi connectivity index (χ0n) is 19.5. The second-order valence-electron chi connectivity index (χ2n) is 7.51. The van der Waals surface area contributed by atoms with E-state index in [0.717, 1.165) is 11.8 Å². The van der Waals surface area contributed by atoms with Crippen molar-refractivity contribution in [1.29, 1.82) is 0 Å². The molecule has 3 rings (SSSR count). The van der Waals surface area contributed by atoms with E-state index in [9.17, 15) is 13.2 Å². The average molecular weight is 494 g/mol. The van der Waals surface area contributed by atoms with Gasteiger partial charge in [-0.1, -0.05) is 43.0 Å². The zero-order chi connectivity index (χ0) is 25.3. The van der Waals surface area contributed by atoms with Gasteiger partial charge in [0.05, 0.1) is 31.8 Å². The minimum atomic E-state index is -3.52. The Kier molecular flexibility index (Phi) is 8.63. The molecule has 3 aromatic carbocycles. The van der Waals surface area contributed by atoms with Gasteiger partial charge in [0, 0.05) is 5.56 Å². The summed E-state index contributed by atoms with van der Waals surface area (Å²) in [5.41, 5.74) is 4.82. The molecule has 1 amide bonds. The van der Waals surface area contributed by atoms with Gasteiger partial charge in [-0.2, -0.15) is 5.10 Å². The number of amides is 1. The number of anilines is 1. The van der Waals surface area contributed by atoms with E-state index >= 15 is 0 Å². The van der Waals surface area contributed by atoms with Crippen LogP contribution in [-0.2, 0) is 16.6 Å². The molecule has 0 aliphatic carbocycles. The maximum absolute atomic E-state index is 12.5. The largest absolute Gasteiger partial charge is 0.493 e. The number of ether oxygens (including phenoxy) is 2. The number of methoxy groups -OCH3 is 1. The first-order valence-electron chi connectivity index (χ1n) is 10.7. The molecule has 0 radical (unpaired) electrons. The van der Waals surface area contributed by atoms with Gasteiger partial charge >= 0.3 is 0 Å². The first-order chi connectivity index (χ1) is 16.8. The number of hydrogen-bond acceptors (Lipinski definition) is 6. The number of carbonyl (C=O) groups is 1. The number of rotatable bonds is 11. The fourth-order valence-corrected chi connectivity index (χ4v) is 4.08. The summed E-state index contributed by atoms with van der Waals surface area (Å²) in [6, 6.07) is 20.8. The monoisotopic (exact) mass is 493 g/mol. The van der Waals surface area contributed by atoms with Gasteiger partial charge in [-0.25, -0.2) is 13.8 Å². The highest BCUT2D eigenvalue weighted by molar-refractivity contribution is 7.92. The smallest absolute Gasteiger partial charge is 0.271 e. The van der Waals surface area contributed by atoms with E-state index in [1.165, 1.54) is 17.6 Å². The van der Waals surface area contributed by atoms with E-state index in [0.29, 0.717) is 34.9 Å². The van der Waals surface area contributed by atoms with Crippen molar-refractivity contribution < 1.29 is 22.7 Å². The number of sulfonamides is 1. The number of carbonyl (C=O) groups excluding carboxylic acids is 1. The lowest BCUT2D eigenvalue weighted by Crippen LogP contribution is -2.29. The number of nitrogens with one attached hydrogen (secondary N) is 1. The third-order valence-electron chi connectivity index (χ3n) is 4.91. The zero-order valence-corrected chi connectivity index (χ0v) is 20.4. The number of nitrogens with zero attached hydrogens (tertiary/aromatic N) is 2. The van der Waals surface area contributed by atoms with Gasteiger partial charge in [0.15, 0.2) is 11.5 Å². The van der Waals surface area contributed by atoms with E-state index < -0.39 is 15.9 Å². The molecule has 8 nitrogen and oxygen atoms in total. The van der Waals surface area contributed by atoms with Gasteiger partial charge in [0.1, 0.15) is 6.61 Å².